The average molecular weight is 483 g/mol. The summed E-state index contributed by atoms with van der Waals surface area (Å²) in [4.78, 5) is 44.2. The number of pyridine rings is 1. The Labute approximate surface area is 200 Å². The molecule has 1 atom stereocenters. The van der Waals surface area contributed by atoms with E-state index in [9.17, 15) is 14.4 Å². The zero-order chi connectivity index (χ0) is 23.4. The SMILES string of the molecule is O=C(Nc1ccccn1)c1cccc(NC(=O)C2CCCN2C(=O)c2cc(Cl)ccc2Cl)c1. The third kappa shape index (κ3) is 5.32. The van der Waals surface area contributed by atoms with E-state index in [-0.39, 0.29) is 28.3 Å². The van der Waals surface area contributed by atoms with E-state index < -0.39 is 6.04 Å². The summed E-state index contributed by atoms with van der Waals surface area (Å²) in [6, 6.07) is 15.8. The third-order valence-electron chi connectivity index (χ3n) is 5.27. The zero-order valence-electron chi connectivity index (χ0n) is 17.4. The lowest BCUT2D eigenvalue weighted by Gasteiger charge is -2.24. The Kier molecular flexibility index (Phi) is 6.91. The van der Waals surface area contributed by atoms with E-state index in [1.807, 2.05) is 0 Å². The van der Waals surface area contributed by atoms with Crippen molar-refractivity contribution in [1.29, 1.82) is 0 Å². The van der Waals surface area contributed by atoms with Crippen LogP contribution in [0.25, 0.3) is 0 Å². The molecule has 0 saturated carbocycles. The van der Waals surface area contributed by atoms with Gasteiger partial charge in [-0.25, -0.2) is 4.98 Å². The first-order valence-corrected chi connectivity index (χ1v) is 11.1. The number of benzene rings is 2. The van der Waals surface area contributed by atoms with Gasteiger partial charge in [0, 0.05) is 29.0 Å². The Balaban J connectivity index is 1.46. The second-order valence-corrected chi connectivity index (χ2v) is 8.36. The number of hydrogen-bond donors (Lipinski definition) is 2. The lowest BCUT2D eigenvalue weighted by atomic mass is 10.1. The van der Waals surface area contributed by atoms with E-state index in [4.69, 9.17) is 23.2 Å². The molecule has 2 N–H and O–H groups in total. The Bertz CT molecular complexity index is 1200. The number of nitrogens with zero attached hydrogens (tertiary/aromatic N) is 2. The Hall–Kier alpha value is -3.42. The van der Waals surface area contributed by atoms with Gasteiger partial charge in [-0.3, -0.25) is 14.4 Å². The molecule has 1 saturated heterocycles. The molecule has 2 heterocycles. The van der Waals surface area contributed by atoms with Crippen molar-refractivity contribution in [3.8, 4) is 0 Å². The molecule has 3 amide bonds. The number of amides is 3. The minimum Gasteiger partial charge on any atom is -0.327 e. The number of aromatic nitrogens is 1. The van der Waals surface area contributed by atoms with Crippen molar-refractivity contribution < 1.29 is 14.4 Å². The molecule has 7 nitrogen and oxygen atoms in total. The molecule has 0 aliphatic carbocycles. The van der Waals surface area contributed by atoms with Gasteiger partial charge in [0.05, 0.1) is 10.6 Å². The van der Waals surface area contributed by atoms with Crippen LogP contribution in [0.3, 0.4) is 0 Å². The van der Waals surface area contributed by atoms with E-state index >= 15 is 0 Å². The van der Waals surface area contributed by atoms with E-state index in [0.29, 0.717) is 41.5 Å². The zero-order valence-corrected chi connectivity index (χ0v) is 18.9. The number of carbonyl (C=O) groups excluding carboxylic acids is 3. The van der Waals surface area contributed by atoms with Crippen molar-refractivity contribution >= 4 is 52.4 Å². The Morgan fingerprint density at radius 2 is 1.82 bits per heavy atom. The third-order valence-corrected chi connectivity index (χ3v) is 5.84. The highest BCUT2D eigenvalue weighted by atomic mass is 35.5. The fourth-order valence-corrected chi connectivity index (χ4v) is 4.06. The number of rotatable bonds is 5. The molecular formula is C24H20Cl2N4O3. The quantitative estimate of drug-likeness (QED) is 0.541. The monoisotopic (exact) mass is 482 g/mol. The summed E-state index contributed by atoms with van der Waals surface area (Å²) in [7, 11) is 0. The minimum atomic E-state index is -0.654. The lowest BCUT2D eigenvalue weighted by Crippen LogP contribution is -2.43. The normalized spacial score (nSPS) is 15.2. The molecule has 1 unspecified atom stereocenters. The van der Waals surface area contributed by atoms with E-state index in [1.165, 1.54) is 11.0 Å². The Morgan fingerprint density at radius 1 is 0.970 bits per heavy atom. The maximum atomic E-state index is 13.0. The predicted molar refractivity (Wildman–Crippen MR) is 128 cm³/mol. The van der Waals surface area contributed by atoms with Gasteiger partial charge in [-0.05, 0) is 61.4 Å². The second-order valence-electron chi connectivity index (χ2n) is 7.52. The number of likely N-dealkylation sites (tertiary alicyclic amines) is 1. The van der Waals surface area contributed by atoms with Gasteiger partial charge in [-0.2, -0.15) is 0 Å². The molecule has 1 aliphatic heterocycles. The summed E-state index contributed by atoms with van der Waals surface area (Å²) >= 11 is 12.2. The number of nitrogens with one attached hydrogen (secondary N) is 2. The number of carbonyl (C=O) groups is 3. The van der Waals surface area contributed by atoms with Gasteiger partial charge >= 0.3 is 0 Å². The molecule has 1 fully saturated rings. The lowest BCUT2D eigenvalue weighted by molar-refractivity contribution is -0.119. The van der Waals surface area contributed by atoms with Crippen LogP contribution in [0.2, 0.25) is 10.0 Å². The standard InChI is InChI=1S/C24H20Cl2N4O3/c25-16-9-10-19(26)18(14-16)24(33)30-12-4-7-20(30)23(32)28-17-6-3-5-15(13-17)22(31)29-21-8-1-2-11-27-21/h1-3,5-6,8-11,13-14,20H,4,7,12H2,(H,28,32)(H,27,29,31). The second kappa shape index (κ2) is 10.0. The molecule has 0 spiro atoms. The van der Waals surface area contributed by atoms with Crippen molar-refractivity contribution in [3.63, 3.8) is 0 Å². The smallest absolute Gasteiger partial charge is 0.256 e. The van der Waals surface area contributed by atoms with Gasteiger partial charge in [0.2, 0.25) is 5.91 Å². The summed E-state index contributed by atoms with van der Waals surface area (Å²) < 4.78 is 0. The van der Waals surface area contributed by atoms with Gasteiger partial charge in [0.15, 0.2) is 0 Å². The summed E-state index contributed by atoms with van der Waals surface area (Å²) in [6.07, 6.45) is 2.79. The van der Waals surface area contributed by atoms with Crippen molar-refractivity contribution in [3.05, 3.63) is 88.0 Å². The van der Waals surface area contributed by atoms with Crippen LogP contribution in [-0.2, 0) is 4.79 Å². The van der Waals surface area contributed by atoms with Crippen molar-refractivity contribution in [2.24, 2.45) is 0 Å². The molecule has 0 radical (unpaired) electrons. The molecule has 4 rings (SSSR count). The van der Waals surface area contributed by atoms with Crippen molar-refractivity contribution in [1.82, 2.24) is 9.88 Å². The van der Waals surface area contributed by atoms with Crippen LogP contribution < -0.4 is 10.6 Å². The van der Waals surface area contributed by atoms with E-state index in [0.717, 1.165) is 0 Å². The molecular weight excluding hydrogens is 463 g/mol. The molecule has 0 bridgehead atoms. The van der Waals surface area contributed by atoms with Crippen LogP contribution in [0.4, 0.5) is 11.5 Å². The number of halogens is 2. The first kappa shape index (κ1) is 22.8. The first-order valence-electron chi connectivity index (χ1n) is 10.3. The fourth-order valence-electron chi connectivity index (χ4n) is 3.69. The van der Waals surface area contributed by atoms with Crippen LogP contribution in [0.15, 0.2) is 66.9 Å². The maximum Gasteiger partial charge on any atom is 0.256 e. The van der Waals surface area contributed by atoms with Crippen molar-refractivity contribution in [2.75, 3.05) is 17.2 Å². The van der Waals surface area contributed by atoms with Crippen LogP contribution in [-0.4, -0.2) is 40.2 Å². The minimum absolute atomic E-state index is 0.261. The summed E-state index contributed by atoms with van der Waals surface area (Å²) in [6.45, 7) is 0.437. The highest BCUT2D eigenvalue weighted by Gasteiger charge is 2.35. The average Bonchev–Trinajstić information content (AvgIpc) is 3.31. The highest BCUT2D eigenvalue weighted by molar-refractivity contribution is 6.35. The van der Waals surface area contributed by atoms with E-state index in [2.05, 4.69) is 15.6 Å². The summed E-state index contributed by atoms with van der Waals surface area (Å²) in [5, 5.41) is 6.19. The van der Waals surface area contributed by atoms with Crippen LogP contribution >= 0.6 is 23.2 Å². The molecule has 1 aromatic heterocycles. The van der Waals surface area contributed by atoms with Gasteiger partial charge in [-0.1, -0.05) is 35.3 Å². The van der Waals surface area contributed by atoms with Gasteiger partial charge in [0.25, 0.3) is 11.8 Å². The summed E-state index contributed by atoms with van der Waals surface area (Å²) in [5.74, 6) is -0.597. The van der Waals surface area contributed by atoms with Crippen molar-refractivity contribution in [2.45, 2.75) is 18.9 Å². The van der Waals surface area contributed by atoms with Crippen LogP contribution in [0.5, 0.6) is 0 Å². The van der Waals surface area contributed by atoms with Gasteiger partial charge in [-0.15, -0.1) is 0 Å². The first-order chi connectivity index (χ1) is 15.9. The molecule has 2 aromatic carbocycles. The molecule has 1 aliphatic rings. The molecule has 33 heavy (non-hydrogen) atoms. The van der Waals surface area contributed by atoms with Gasteiger partial charge in [0.1, 0.15) is 11.9 Å². The molecule has 9 heteroatoms. The summed E-state index contributed by atoms with van der Waals surface area (Å²) in [5.41, 5.74) is 1.08. The van der Waals surface area contributed by atoms with Gasteiger partial charge < -0.3 is 15.5 Å². The largest absolute Gasteiger partial charge is 0.327 e. The fraction of sp³-hybridized carbons (Fsp3) is 0.167. The van der Waals surface area contributed by atoms with E-state index in [1.54, 1.807) is 60.8 Å². The topological polar surface area (TPSA) is 91.4 Å². The number of anilines is 2. The highest BCUT2D eigenvalue weighted by Crippen LogP contribution is 2.27. The van der Waals surface area contributed by atoms with Crippen LogP contribution in [0.1, 0.15) is 33.6 Å². The maximum absolute atomic E-state index is 13.0. The Morgan fingerprint density at radius 3 is 2.61 bits per heavy atom. The van der Waals surface area contributed by atoms with Crippen LogP contribution in [0, 0.1) is 0 Å². The molecule has 3 aromatic rings. The predicted octanol–water partition coefficient (Wildman–Crippen LogP) is 4.88. The molecule has 168 valence electrons. The number of hydrogen-bond acceptors (Lipinski definition) is 4.